The van der Waals surface area contributed by atoms with Crippen molar-refractivity contribution >= 4 is 11.8 Å². The molecule has 3 aromatic rings. The number of amides is 2. The molecule has 26 heavy (non-hydrogen) atoms. The van der Waals surface area contributed by atoms with Crippen LogP contribution in [0.5, 0.6) is 5.75 Å². The van der Waals surface area contributed by atoms with E-state index in [1.165, 1.54) is 0 Å². The monoisotopic (exact) mass is 350 g/mol. The number of hydrazine groups is 1. The number of aromatic nitrogens is 2. The number of carbonyl (C=O) groups excluding carboxylic acids is 2. The van der Waals surface area contributed by atoms with Crippen molar-refractivity contribution < 1.29 is 14.3 Å². The predicted octanol–water partition coefficient (Wildman–Crippen LogP) is 2.09. The molecule has 0 aliphatic carbocycles. The summed E-state index contributed by atoms with van der Waals surface area (Å²) < 4.78 is 5.12. The molecule has 2 amide bonds. The fourth-order valence-electron chi connectivity index (χ4n) is 2.40. The topological polar surface area (TPSA) is 96.1 Å². The number of nitrogens with one attached hydrogen (secondary N) is 3. The molecule has 3 N–H and O–H groups in total. The molecule has 132 valence electrons. The van der Waals surface area contributed by atoms with Crippen molar-refractivity contribution in [2.24, 2.45) is 0 Å². The number of aromatic amines is 1. The summed E-state index contributed by atoms with van der Waals surface area (Å²) in [7, 11) is 1.56. The van der Waals surface area contributed by atoms with Gasteiger partial charge in [0, 0.05) is 5.56 Å². The van der Waals surface area contributed by atoms with Crippen LogP contribution in [0.25, 0.3) is 11.3 Å². The normalized spacial score (nSPS) is 10.2. The molecule has 0 aliphatic heterocycles. The van der Waals surface area contributed by atoms with Crippen LogP contribution in [-0.4, -0.2) is 29.1 Å². The molecule has 0 atom stereocenters. The molecule has 7 nitrogen and oxygen atoms in total. The van der Waals surface area contributed by atoms with E-state index >= 15 is 0 Å². The molecular formula is C19H18N4O3. The van der Waals surface area contributed by atoms with Gasteiger partial charge in [-0.05, 0) is 23.8 Å². The Balaban J connectivity index is 1.55. The first-order valence-electron chi connectivity index (χ1n) is 7.98. The molecule has 7 heteroatoms. The molecule has 1 heterocycles. The minimum absolute atomic E-state index is 0.121. The Morgan fingerprint density at radius 2 is 1.85 bits per heavy atom. The standard InChI is InChI=1S/C19H18N4O3/c1-26-15-9-5-6-13(10-15)11-18(24)22-23-19(25)17-12-16(20-21-17)14-7-3-2-4-8-14/h2-10,12H,11H2,1H3,(H,20,21)(H,22,24)(H,23,25). The lowest BCUT2D eigenvalue weighted by molar-refractivity contribution is -0.121. The van der Waals surface area contributed by atoms with Crippen LogP contribution in [0.1, 0.15) is 16.1 Å². The number of benzene rings is 2. The van der Waals surface area contributed by atoms with E-state index in [0.717, 1.165) is 11.1 Å². The Morgan fingerprint density at radius 1 is 1.04 bits per heavy atom. The SMILES string of the molecule is COc1cccc(CC(=O)NNC(=O)c2cc(-c3ccccc3)n[nH]2)c1. The van der Waals surface area contributed by atoms with Crippen molar-refractivity contribution in [3.63, 3.8) is 0 Å². The zero-order chi connectivity index (χ0) is 18.4. The number of rotatable bonds is 5. The van der Waals surface area contributed by atoms with Gasteiger partial charge in [-0.25, -0.2) is 0 Å². The molecule has 3 rings (SSSR count). The zero-order valence-electron chi connectivity index (χ0n) is 14.2. The quantitative estimate of drug-likeness (QED) is 0.614. The molecule has 0 aliphatic rings. The van der Waals surface area contributed by atoms with Gasteiger partial charge in [-0.15, -0.1) is 0 Å². The summed E-state index contributed by atoms with van der Waals surface area (Å²) in [6.07, 6.45) is 0.121. The fraction of sp³-hybridized carbons (Fsp3) is 0.105. The highest BCUT2D eigenvalue weighted by atomic mass is 16.5. The number of ether oxygens (including phenoxy) is 1. The van der Waals surface area contributed by atoms with Crippen molar-refractivity contribution in [3.05, 3.63) is 71.9 Å². The first-order chi connectivity index (χ1) is 12.7. The molecule has 0 radical (unpaired) electrons. The molecule has 0 fully saturated rings. The summed E-state index contributed by atoms with van der Waals surface area (Å²) in [5.74, 6) is -0.140. The smallest absolute Gasteiger partial charge is 0.287 e. The van der Waals surface area contributed by atoms with Crippen LogP contribution < -0.4 is 15.6 Å². The molecule has 0 spiro atoms. The second-order valence-electron chi connectivity index (χ2n) is 5.56. The maximum atomic E-state index is 12.1. The third-order valence-electron chi connectivity index (χ3n) is 3.71. The third kappa shape index (κ3) is 4.27. The zero-order valence-corrected chi connectivity index (χ0v) is 14.2. The van der Waals surface area contributed by atoms with Gasteiger partial charge in [0.25, 0.3) is 5.91 Å². The summed E-state index contributed by atoms with van der Waals surface area (Å²) in [6, 6.07) is 18.3. The van der Waals surface area contributed by atoms with Gasteiger partial charge in [0.05, 0.1) is 19.2 Å². The van der Waals surface area contributed by atoms with Crippen LogP contribution in [-0.2, 0) is 11.2 Å². The van der Waals surface area contributed by atoms with E-state index in [2.05, 4.69) is 21.0 Å². The lowest BCUT2D eigenvalue weighted by Gasteiger charge is -2.07. The second kappa shape index (κ2) is 7.98. The van der Waals surface area contributed by atoms with Crippen molar-refractivity contribution in [3.8, 4) is 17.0 Å². The van der Waals surface area contributed by atoms with Crippen LogP contribution in [0.4, 0.5) is 0 Å². The number of H-pyrrole nitrogens is 1. The van der Waals surface area contributed by atoms with Crippen LogP contribution in [0.15, 0.2) is 60.7 Å². The highest BCUT2D eigenvalue weighted by molar-refractivity contribution is 5.94. The predicted molar refractivity (Wildman–Crippen MR) is 96.3 cm³/mol. The lowest BCUT2D eigenvalue weighted by atomic mass is 10.1. The van der Waals surface area contributed by atoms with E-state index in [1.807, 2.05) is 36.4 Å². The Morgan fingerprint density at radius 3 is 2.62 bits per heavy atom. The van der Waals surface area contributed by atoms with E-state index in [0.29, 0.717) is 11.4 Å². The van der Waals surface area contributed by atoms with Gasteiger partial charge in [0.1, 0.15) is 11.4 Å². The van der Waals surface area contributed by atoms with E-state index in [1.54, 1.807) is 31.4 Å². The Labute approximate surface area is 150 Å². The Bertz CT molecular complexity index is 906. The first-order valence-corrected chi connectivity index (χ1v) is 7.98. The van der Waals surface area contributed by atoms with Crippen LogP contribution in [0.3, 0.4) is 0 Å². The summed E-state index contributed by atoms with van der Waals surface area (Å²) in [4.78, 5) is 24.1. The maximum Gasteiger partial charge on any atom is 0.287 e. The van der Waals surface area contributed by atoms with Gasteiger partial charge in [-0.3, -0.25) is 25.5 Å². The summed E-state index contributed by atoms with van der Waals surface area (Å²) in [5, 5.41) is 6.77. The van der Waals surface area contributed by atoms with Gasteiger partial charge < -0.3 is 4.74 Å². The molecule has 0 unspecified atom stereocenters. The molecule has 2 aromatic carbocycles. The fourth-order valence-corrected chi connectivity index (χ4v) is 2.40. The van der Waals surface area contributed by atoms with Crippen LogP contribution >= 0.6 is 0 Å². The maximum absolute atomic E-state index is 12.1. The number of nitrogens with zero attached hydrogens (tertiary/aromatic N) is 1. The Kier molecular flexibility index (Phi) is 5.28. The van der Waals surface area contributed by atoms with Gasteiger partial charge in [-0.2, -0.15) is 5.10 Å². The number of hydrogen-bond donors (Lipinski definition) is 3. The van der Waals surface area contributed by atoms with E-state index in [9.17, 15) is 9.59 Å². The van der Waals surface area contributed by atoms with Crippen LogP contribution in [0, 0.1) is 0 Å². The molecule has 0 saturated carbocycles. The number of carbonyl (C=O) groups is 2. The van der Waals surface area contributed by atoms with E-state index < -0.39 is 5.91 Å². The van der Waals surface area contributed by atoms with Gasteiger partial charge in [-0.1, -0.05) is 42.5 Å². The first kappa shape index (κ1) is 17.2. The Hall–Kier alpha value is -3.61. The average Bonchev–Trinajstić information content (AvgIpc) is 3.17. The summed E-state index contributed by atoms with van der Waals surface area (Å²) in [6.45, 7) is 0. The highest BCUT2D eigenvalue weighted by Crippen LogP contribution is 2.16. The minimum Gasteiger partial charge on any atom is -0.497 e. The third-order valence-corrected chi connectivity index (χ3v) is 3.71. The molecular weight excluding hydrogens is 332 g/mol. The molecule has 0 saturated heterocycles. The number of hydrogen-bond acceptors (Lipinski definition) is 4. The number of methoxy groups -OCH3 is 1. The second-order valence-corrected chi connectivity index (χ2v) is 5.56. The molecule has 1 aromatic heterocycles. The summed E-state index contributed by atoms with van der Waals surface area (Å²) in [5.41, 5.74) is 7.34. The van der Waals surface area contributed by atoms with Gasteiger partial charge in [0.2, 0.25) is 5.91 Å². The average molecular weight is 350 g/mol. The highest BCUT2D eigenvalue weighted by Gasteiger charge is 2.12. The van der Waals surface area contributed by atoms with Crippen molar-refractivity contribution in [2.75, 3.05) is 7.11 Å². The van der Waals surface area contributed by atoms with Crippen molar-refractivity contribution in [2.45, 2.75) is 6.42 Å². The van der Waals surface area contributed by atoms with E-state index in [4.69, 9.17) is 4.74 Å². The van der Waals surface area contributed by atoms with Crippen molar-refractivity contribution in [1.82, 2.24) is 21.0 Å². The van der Waals surface area contributed by atoms with Gasteiger partial charge >= 0.3 is 0 Å². The van der Waals surface area contributed by atoms with Crippen LogP contribution in [0.2, 0.25) is 0 Å². The van der Waals surface area contributed by atoms with E-state index in [-0.39, 0.29) is 18.0 Å². The largest absolute Gasteiger partial charge is 0.497 e. The summed E-state index contributed by atoms with van der Waals surface area (Å²) >= 11 is 0. The minimum atomic E-state index is -0.473. The van der Waals surface area contributed by atoms with Gasteiger partial charge in [0.15, 0.2) is 0 Å². The molecule has 0 bridgehead atoms. The van der Waals surface area contributed by atoms with Crippen molar-refractivity contribution in [1.29, 1.82) is 0 Å². The lowest BCUT2D eigenvalue weighted by Crippen LogP contribution is -2.42.